The van der Waals surface area contributed by atoms with Crippen molar-refractivity contribution in [3.8, 4) is 5.75 Å². The van der Waals surface area contributed by atoms with Crippen LogP contribution < -0.4 is 4.74 Å². The van der Waals surface area contributed by atoms with Gasteiger partial charge in [-0.05, 0) is 25.1 Å². The Balaban J connectivity index is 1.94. The molecule has 0 unspecified atom stereocenters. The third-order valence-corrected chi connectivity index (χ3v) is 3.63. The fourth-order valence-electron chi connectivity index (χ4n) is 2.59. The van der Waals surface area contributed by atoms with E-state index in [2.05, 4.69) is 0 Å². The molecule has 110 valence electrons. The molecule has 0 aliphatic carbocycles. The highest BCUT2D eigenvalue weighted by Gasteiger charge is 2.18. The first-order valence-corrected chi connectivity index (χ1v) is 6.98. The van der Waals surface area contributed by atoms with Crippen molar-refractivity contribution in [1.29, 1.82) is 0 Å². The van der Waals surface area contributed by atoms with Crippen molar-refractivity contribution in [3.63, 3.8) is 0 Å². The predicted molar refractivity (Wildman–Crippen MR) is 84.6 cm³/mol. The maximum Gasteiger partial charge on any atom is 0.269 e. The number of nitrogens with zero attached hydrogens (tertiary/aromatic N) is 1. The number of aldehydes is 1. The van der Waals surface area contributed by atoms with Crippen molar-refractivity contribution >= 4 is 23.1 Å². The molecule has 0 spiro atoms. The zero-order valence-corrected chi connectivity index (χ0v) is 12.2. The smallest absolute Gasteiger partial charge is 0.269 e. The summed E-state index contributed by atoms with van der Waals surface area (Å²) >= 11 is 0. The fraction of sp³-hybridized carbons (Fsp3) is 0.111. The first-order chi connectivity index (χ1) is 10.7. The molecular weight excluding hydrogens is 278 g/mol. The van der Waals surface area contributed by atoms with E-state index in [0.29, 0.717) is 17.0 Å². The van der Waals surface area contributed by atoms with Crippen molar-refractivity contribution in [2.45, 2.75) is 6.92 Å². The number of aromatic nitrogens is 1. The number of hydrogen-bond donors (Lipinski definition) is 0. The number of rotatable bonds is 4. The summed E-state index contributed by atoms with van der Waals surface area (Å²) in [4.78, 5) is 23.8. The molecule has 0 N–H and O–H groups in total. The average Bonchev–Trinajstić information content (AvgIpc) is 2.85. The number of hydrogen-bond acceptors (Lipinski definition) is 3. The van der Waals surface area contributed by atoms with E-state index < -0.39 is 0 Å². The monoisotopic (exact) mass is 293 g/mol. The quantitative estimate of drug-likeness (QED) is 0.692. The normalized spacial score (nSPS) is 10.6. The number of ether oxygens (including phenoxy) is 1. The van der Waals surface area contributed by atoms with Gasteiger partial charge in [-0.3, -0.25) is 14.2 Å². The van der Waals surface area contributed by atoms with Gasteiger partial charge in [0, 0.05) is 16.6 Å². The summed E-state index contributed by atoms with van der Waals surface area (Å²) in [5.41, 5.74) is 1.91. The van der Waals surface area contributed by atoms with Crippen LogP contribution in [0.5, 0.6) is 5.75 Å². The molecule has 4 heteroatoms. The fourth-order valence-corrected chi connectivity index (χ4v) is 2.59. The number of para-hydroxylation sites is 2. The Bertz CT molecular complexity index is 834. The van der Waals surface area contributed by atoms with Crippen molar-refractivity contribution in [2.24, 2.45) is 0 Å². The van der Waals surface area contributed by atoms with Gasteiger partial charge in [0.05, 0.1) is 5.52 Å². The number of carbonyl (C=O) groups excluding carboxylic acids is 2. The Labute approximate surface area is 127 Å². The van der Waals surface area contributed by atoms with Gasteiger partial charge < -0.3 is 4.74 Å². The lowest BCUT2D eigenvalue weighted by Crippen LogP contribution is -2.20. The molecule has 0 radical (unpaired) electrons. The molecule has 0 bridgehead atoms. The Morgan fingerprint density at radius 2 is 1.77 bits per heavy atom. The van der Waals surface area contributed by atoms with Gasteiger partial charge in [-0.15, -0.1) is 0 Å². The van der Waals surface area contributed by atoms with E-state index in [1.807, 2.05) is 42.5 Å². The molecule has 3 rings (SSSR count). The van der Waals surface area contributed by atoms with E-state index in [-0.39, 0.29) is 12.5 Å². The number of fused-ring (bicyclic) bond motifs is 1. The van der Waals surface area contributed by atoms with Crippen LogP contribution in [0.4, 0.5) is 0 Å². The molecule has 0 aliphatic rings. The molecule has 3 aromatic rings. The molecule has 0 saturated heterocycles. The second kappa shape index (κ2) is 5.85. The maximum atomic E-state index is 12.5. The minimum absolute atomic E-state index is 0.0815. The van der Waals surface area contributed by atoms with Gasteiger partial charge in [-0.2, -0.15) is 0 Å². The van der Waals surface area contributed by atoms with E-state index in [1.165, 1.54) is 0 Å². The van der Waals surface area contributed by atoms with E-state index in [0.717, 1.165) is 17.2 Å². The zero-order chi connectivity index (χ0) is 15.5. The second-order valence-electron chi connectivity index (χ2n) is 4.96. The van der Waals surface area contributed by atoms with Gasteiger partial charge in [0.15, 0.2) is 12.9 Å². The topological polar surface area (TPSA) is 48.3 Å². The molecular formula is C18H15NO3. The molecule has 0 amide bonds. The van der Waals surface area contributed by atoms with Gasteiger partial charge in [-0.25, -0.2) is 0 Å². The summed E-state index contributed by atoms with van der Waals surface area (Å²) in [6, 6.07) is 16.5. The molecule has 0 fully saturated rings. The van der Waals surface area contributed by atoms with Crippen LogP contribution in [-0.2, 0) is 0 Å². The van der Waals surface area contributed by atoms with Crippen LogP contribution in [0.15, 0.2) is 54.6 Å². The van der Waals surface area contributed by atoms with E-state index in [9.17, 15) is 9.59 Å². The molecule has 0 aliphatic heterocycles. The van der Waals surface area contributed by atoms with Crippen molar-refractivity contribution in [3.05, 3.63) is 65.9 Å². The van der Waals surface area contributed by atoms with E-state index in [4.69, 9.17) is 4.74 Å². The van der Waals surface area contributed by atoms with E-state index >= 15 is 0 Å². The van der Waals surface area contributed by atoms with Crippen LogP contribution in [0.25, 0.3) is 10.9 Å². The highest BCUT2D eigenvalue weighted by atomic mass is 16.5. The maximum absolute atomic E-state index is 12.5. The molecule has 0 saturated carbocycles. The summed E-state index contributed by atoms with van der Waals surface area (Å²) in [6.45, 7) is 1.69. The lowest BCUT2D eigenvalue weighted by Gasteiger charge is -2.08. The van der Waals surface area contributed by atoms with Gasteiger partial charge in [-0.1, -0.05) is 36.4 Å². The van der Waals surface area contributed by atoms with Gasteiger partial charge in [0.1, 0.15) is 5.75 Å². The Hall–Kier alpha value is -2.88. The Morgan fingerprint density at radius 3 is 2.50 bits per heavy atom. The number of benzene rings is 2. The minimum Gasteiger partial charge on any atom is -0.484 e. The minimum atomic E-state index is -0.203. The van der Waals surface area contributed by atoms with Crippen molar-refractivity contribution in [1.82, 2.24) is 4.57 Å². The van der Waals surface area contributed by atoms with Crippen molar-refractivity contribution in [2.75, 3.05) is 6.61 Å². The van der Waals surface area contributed by atoms with Gasteiger partial charge >= 0.3 is 0 Å². The van der Waals surface area contributed by atoms with Gasteiger partial charge in [0.2, 0.25) is 0 Å². The molecule has 4 nitrogen and oxygen atoms in total. The van der Waals surface area contributed by atoms with Crippen molar-refractivity contribution < 1.29 is 14.3 Å². The summed E-state index contributed by atoms with van der Waals surface area (Å²) in [6.07, 6.45) is 0.791. The van der Waals surface area contributed by atoms with Crippen LogP contribution in [-0.4, -0.2) is 23.4 Å². The first-order valence-electron chi connectivity index (χ1n) is 6.98. The summed E-state index contributed by atoms with van der Waals surface area (Å²) < 4.78 is 7.05. The number of carbonyl (C=O) groups is 2. The highest BCUT2D eigenvalue weighted by Crippen LogP contribution is 2.24. The first kappa shape index (κ1) is 14.1. The molecule has 1 aromatic heterocycles. The van der Waals surface area contributed by atoms with Crippen LogP contribution in [0.3, 0.4) is 0 Å². The van der Waals surface area contributed by atoms with Crippen LogP contribution in [0.2, 0.25) is 0 Å². The third kappa shape index (κ3) is 2.39. The zero-order valence-electron chi connectivity index (χ0n) is 12.2. The lowest BCUT2D eigenvalue weighted by molar-refractivity contribution is 0.0841. The average molecular weight is 293 g/mol. The predicted octanol–water partition coefficient (Wildman–Crippen LogP) is 3.48. The SMILES string of the molecule is Cc1c(C=O)c2ccccc2n1C(=O)COc1ccccc1. The summed E-state index contributed by atoms with van der Waals surface area (Å²) in [5.74, 6) is 0.436. The molecule has 2 aromatic carbocycles. The van der Waals surface area contributed by atoms with Gasteiger partial charge in [0.25, 0.3) is 5.91 Å². The van der Waals surface area contributed by atoms with Crippen LogP contribution >= 0.6 is 0 Å². The summed E-state index contributed by atoms with van der Waals surface area (Å²) in [7, 11) is 0. The Morgan fingerprint density at radius 1 is 1.09 bits per heavy atom. The lowest BCUT2D eigenvalue weighted by atomic mass is 10.1. The Kier molecular flexibility index (Phi) is 3.74. The standard InChI is InChI=1S/C18H15NO3/c1-13-16(11-20)15-9-5-6-10-17(15)19(13)18(21)12-22-14-7-3-2-4-8-14/h2-11H,12H2,1H3. The third-order valence-electron chi connectivity index (χ3n) is 3.63. The highest BCUT2D eigenvalue weighted by molar-refractivity contribution is 6.04. The van der Waals surface area contributed by atoms with E-state index in [1.54, 1.807) is 23.6 Å². The van der Waals surface area contributed by atoms with Crippen LogP contribution in [0.1, 0.15) is 20.8 Å². The molecule has 1 heterocycles. The molecule has 22 heavy (non-hydrogen) atoms. The second-order valence-corrected chi connectivity index (χ2v) is 4.96. The summed E-state index contributed by atoms with van der Waals surface area (Å²) in [5, 5.41) is 0.781. The molecule has 0 atom stereocenters. The van der Waals surface area contributed by atoms with Crippen LogP contribution in [0, 0.1) is 6.92 Å². The largest absolute Gasteiger partial charge is 0.484 e.